The molecular formula is C5H3Cl5NO4P. The minimum Gasteiger partial charge on any atom is -0.405 e. The topological polar surface area (TPSA) is 65.0 Å². The number of carbonyl (C=O) groups excluding carboxylic acids is 1. The molecule has 11 heteroatoms. The van der Waals surface area contributed by atoms with Crippen molar-refractivity contribution in [1.29, 1.82) is 0 Å². The first kappa shape index (κ1) is 16.6. The summed E-state index contributed by atoms with van der Waals surface area (Å²) in [5.41, 5.74) is 0. The Balaban J connectivity index is 5.29. The van der Waals surface area contributed by atoms with Gasteiger partial charge in [-0.15, -0.1) is 0 Å². The van der Waals surface area contributed by atoms with Crippen molar-refractivity contribution in [1.82, 2.24) is 0 Å². The Labute approximate surface area is 116 Å². The second-order valence-electron chi connectivity index (χ2n) is 2.02. The van der Waals surface area contributed by atoms with E-state index in [-0.39, 0.29) is 0 Å². The van der Waals surface area contributed by atoms with Gasteiger partial charge in [0.15, 0.2) is 5.76 Å². The number of halogens is 5. The van der Waals surface area contributed by atoms with Crippen molar-refractivity contribution in [3.8, 4) is 0 Å². The fourth-order valence-corrected chi connectivity index (χ4v) is 2.53. The summed E-state index contributed by atoms with van der Waals surface area (Å²) in [4.78, 5) is 9.98. The van der Waals surface area contributed by atoms with Crippen molar-refractivity contribution in [2.45, 2.75) is 3.79 Å². The van der Waals surface area contributed by atoms with E-state index in [0.717, 1.165) is 13.2 Å². The number of nitrogens with zero attached hydrogens (tertiary/aromatic N) is 1. The quantitative estimate of drug-likeness (QED) is 0.252. The van der Waals surface area contributed by atoms with Crippen LogP contribution in [-0.2, 0) is 18.4 Å². The van der Waals surface area contributed by atoms with Crippen molar-refractivity contribution in [2.75, 3.05) is 7.11 Å². The van der Waals surface area contributed by atoms with Crippen LogP contribution in [0.2, 0.25) is 0 Å². The average molecular weight is 349 g/mol. The molecule has 0 heterocycles. The summed E-state index contributed by atoms with van der Waals surface area (Å²) in [5, 5.41) is 0. The van der Waals surface area contributed by atoms with E-state index in [1.807, 2.05) is 0 Å². The summed E-state index contributed by atoms with van der Waals surface area (Å²) in [5.74, 6) is -0.676. The van der Waals surface area contributed by atoms with E-state index in [9.17, 15) is 9.36 Å². The molecule has 0 aromatic rings. The molecule has 1 unspecified atom stereocenters. The maximum atomic E-state index is 11.5. The lowest BCUT2D eigenvalue weighted by molar-refractivity contribution is 0.280. The lowest BCUT2D eigenvalue weighted by Gasteiger charge is -2.19. The van der Waals surface area contributed by atoms with Crippen molar-refractivity contribution < 1.29 is 18.4 Å². The van der Waals surface area contributed by atoms with Crippen LogP contribution in [0.25, 0.3) is 0 Å². The normalized spacial score (nSPS) is 14.6. The molecule has 0 saturated heterocycles. The van der Waals surface area contributed by atoms with Crippen molar-refractivity contribution >= 4 is 71.8 Å². The van der Waals surface area contributed by atoms with Crippen molar-refractivity contribution in [2.24, 2.45) is 4.76 Å². The monoisotopic (exact) mass is 347 g/mol. The smallest absolute Gasteiger partial charge is 0.405 e. The lowest BCUT2D eigenvalue weighted by atomic mass is 10.6. The molecule has 16 heavy (non-hydrogen) atoms. The fraction of sp³-hybridized carbons (Fsp3) is 0.400. The Morgan fingerprint density at radius 2 is 1.88 bits per heavy atom. The van der Waals surface area contributed by atoms with Gasteiger partial charge in [-0.05, 0) is 0 Å². The third-order valence-electron chi connectivity index (χ3n) is 1.03. The highest BCUT2D eigenvalue weighted by Crippen LogP contribution is 2.55. The van der Waals surface area contributed by atoms with Crippen LogP contribution in [0.4, 0.5) is 0 Å². The Bertz CT molecular complexity index is 381. The highest BCUT2D eigenvalue weighted by Gasteiger charge is 2.38. The van der Waals surface area contributed by atoms with E-state index in [0.29, 0.717) is 0 Å². The zero-order valence-electron chi connectivity index (χ0n) is 7.42. The summed E-state index contributed by atoms with van der Waals surface area (Å²) in [6.07, 6.45) is 0.979. The van der Waals surface area contributed by atoms with Crippen LogP contribution < -0.4 is 0 Å². The molecular weight excluding hydrogens is 346 g/mol. The number of rotatable bonds is 4. The second kappa shape index (κ2) is 6.48. The van der Waals surface area contributed by atoms with Gasteiger partial charge in [-0.2, -0.15) is 0 Å². The van der Waals surface area contributed by atoms with Gasteiger partial charge in [-0.25, -0.2) is 9.36 Å². The molecule has 0 aliphatic rings. The second-order valence-corrected chi connectivity index (χ2v) is 6.94. The summed E-state index contributed by atoms with van der Waals surface area (Å²) in [7, 11) is -3.23. The van der Waals surface area contributed by atoms with Crippen molar-refractivity contribution in [3.05, 3.63) is 10.3 Å². The molecule has 92 valence electrons. The number of hydrogen-bond acceptors (Lipinski definition) is 4. The summed E-state index contributed by atoms with van der Waals surface area (Å²) in [6, 6.07) is 0. The predicted molar refractivity (Wildman–Crippen MR) is 62.8 cm³/mol. The number of isocyanates is 1. The molecule has 0 aliphatic heterocycles. The van der Waals surface area contributed by atoms with Crippen LogP contribution in [0.1, 0.15) is 0 Å². The molecule has 0 aliphatic carbocycles. The highest BCUT2D eigenvalue weighted by atomic mass is 35.6. The summed E-state index contributed by atoms with van der Waals surface area (Å²) >= 11 is 26.9. The van der Waals surface area contributed by atoms with Gasteiger partial charge in [-0.1, -0.05) is 62.8 Å². The molecule has 0 rings (SSSR count). The molecule has 0 radical (unpaired) electrons. The number of alkyl halides is 3. The van der Waals surface area contributed by atoms with Crippen LogP contribution in [0, 0.1) is 0 Å². The van der Waals surface area contributed by atoms with Crippen LogP contribution in [0.5, 0.6) is 0 Å². The molecule has 0 spiro atoms. The van der Waals surface area contributed by atoms with Gasteiger partial charge in [0.05, 0.1) is 0 Å². The zero-order valence-corrected chi connectivity index (χ0v) is 12.1. The number of allylic oxidation sites excluding steroid dienone is 1. The maximum Gasteiger partial charge on any atom is 0.518 e. The highest BCUT2D eigenvalue weighted by molar-refractivity contribution is 7.52. The van der Waals surface area contributed by atoms with Crippen LogP contribution in [0.15, 0.2) is 15.0 Å². The minimum absolute atomic E-state index is 0.599. The molecule has 0 bridgehead atoms. The van der Waals surface area contributed by atoms with Gasteiger partial charge in [0, 0.05) is 7.11 Å². The van der Waals surface area contributed by atoms with E-state index in [2.05, 4.69) is 13.8 Å². The van der Waals surface area contributed by atoms with Gasteiger partial charge in [0.2, 0.25) is 6.08 Å². The summed E-state index contributed by atoms with van der Waals surface area (Å²) in [6.45, 7) is 0. The predicted octanol–water partition coefficient (Wildman–Crippen LogP) is 4.11. The standard InChI is InChI=1S/C5H3Cl5NO4P/c1-14-16(13,11-2-12)15-3(4(6)7)5(8,9)10/h1H3. The Morgan fingerprint density at radius 1 is 1.38 bits per heavy atom. The van der Waals surface area contributed by atoms with E-state index in [1.165, 1.54) is 0 Å². The first-order chi connectivity index (χ1) is 7.16. The first-order valence-corrected chi connectivity index (χ1v) is 6.62. The maximum absolute atomic E-state index is 11.5. The van der Waals surface area contributed by atoms with Crippen molar-refractivity contribution in [3.63, 3.8) is 0 Å². The molecule has 0 N–H and O–H groups in total. The van der Waals surface area contributed by atoms with E-state index >= 15 is 0 Å². The van der Waals surface area contributed by atoms with Crippen LogP contribution in [-0.4, -0.2) is 17.0 Å². The largest absolute Gasteiger partial charge is 0.518 e. The van der Waals surface area contributed by atoms with Crippen LogP contribution in [0.3, 0.4) is 0 Å². The molecule has 0 aromatic heterocycles. The molecule has 0 saturated carbocycles. The number of hydrogen-bond donors (Lipinski definition) is 0. The molecule has 1 atom stereocenters. The van der Waals surface area contributed by atoms with Gasteiger partial charge in [0.25, 0.3) is 3.79 Å². The third-order valence-corrected chi connectivity index (χ3v) is 3.09. The average Bonchev–Trinajstić information content (AvgIpc) is 2.12. The van der Waals surface area contributed by atoms with Gasteiger partial charge in [0.1, 0.15) is 4.49 Å². The van der Waals surface area contributed by atoms with Crippen LogP contribution >= 0.6 is 65.8 Å². The van der Waals surface area contributed by atoms with E-state index in [4.69, 9.17) is 58.0 Å². The van der Waals surface area contributed by atoms with Gasteiger partial charge >= 0.3 is 7.75 Å². The Kier molecular flexibility index (Phi) is 6.71. The van der Waals surface area contributed by atoms with E-state index < -0.39 is 21.8 Å². The lowest BCUT2D eigenvalue weighted by Crippen LogP contribution is -2.10. The molecule has 0 aromatic carbocycles. The Hall–Kier alpha value is 0.560. The fourth-order valence-electron chi connectivity index (χ4n) is 0.457. The summed E-state index contributed by atoms with van der Waals surface area (Å²) < 4.78 is 20.5. The molecule has 0 fully saturated rings. The molecule has 5 nitrogen and oxygen atoms in total. The van der Waals surface area contributed by atoms with E-state index in [1.54, 1.807) is 0 Å². The first-order valence-electron chi connectivity index (χ1n) is 3.23. The minimum atomic E-state index is -4.19. The zero-order chi connectivity index (χ0) is 13.0. The SMILES string of the molecule is COP(=O)(N=C=O)OC(=C(Cl)Cl)C(Cl)(Cl)Cl. The third kappa shape index (κ3) is 5.26. The van der Waals surface area contributed by atoms with Gasteiger partial charge < -0.3 is 4.52 Å². The molecule has 0 amide bonds. The van der Waals surface area contributed by atoms with Gasteiger partial charge in [-0.3, -0.25) is 4.52 Å². The Morgan fingerprint density at radius 3 is 2.12 bits per heavy atom.